The number of alkyl halides is 3. The van der Waals surface area contributed by atoms with Crippen LogP contribution >= 0.6 is 0 Å². The number of aromatic nitrogens is 2. The molecule has 0 bridgehead atoms. The number of fused-ring (bicyclic) bond motifs is 1. The fourth-order valence-corrected chi connectivity index (χ4v) is 5.65. The van der Waals surface area contributed by atoms with Crippen molar-refractivity contribution in [1.82, 2.24) is 20.4 Å². The lowest BCUT2D eigenvalue weighted by atomic mass is 9.80. The number of nitrogens with one attached hydrogen (secondary N) is 2. The van der Waals surface area contributed by atoms with Crippen LogP contribution in [0, 0.1) is 5.82 Å². The van der Waals surface area contributed by atoms with E-state index < -0.39 is 41.3 Å². The number of nitrogens with zero attached hydrogens (tertiary/aromatic N) is 3. The maximum absolute atomic E-state index is 14.3. The highest BCUT2D eigenvalue weighted by atomic mass is 19.4. The maximum atomic E-state index is 14.3. The molecule has 0 spiro atoms. The largest absolute Gasteiger partial charge is 0.416 e. The van der Waals surface area contributed by atoms with Crippen LogP contribution in [0.5, 0.6) is 0 Å². The summed E-state index contributed by atoms with van der Waals surface area (Å²) < 4.78 is 56.1. The monoisotopic (exact) mass is 635 g/mol. The Balaban J connectivity index is 1.67. The average Bonchev–Trinajstić information content (AvgIpc) is 3.42. The van der Waals surface area contributed by atoms with E-state index in [0.29, 0.717) is 41.2 Å². The van der Waals surface area contributed by atoms with Crippen LogP contribution in [0.2, 0.25) is 0 Å². The van der Waals surface area contributed by atoms with Crippen molar-refractivity contribution in [3.63, 3.8) is 0 Å². The molecule has 2 heterocycles. The number of likely N-dealkylation sites (N-methyl/N-ethyl adjacent to an activating group) is 1. The van der Waals surface area contributed by atoms with Crippen molar-refractivity contribution in [1.29, 1.82) is 0 Å². The molecule has 4 aromatic rings. The van der Waals surface area contributed by atoms with Crippen molar-refractivity contribution in [3.05, 3.63) is 113 Å². The van der Waals surface area contributed by atoms with Gasteiger partial charge in [0.2, 0.25) is 5.91 Å². The molecule has 0 aliphatic carbocycles. The number of rotatable bonds is 10. The summed E-state index contributed by atoms with van der Waals surface area (Å²) in [4.78, 5) is 41.9. The van der Waals surface area contributed by atoms with Crippen LogP contribution in [0.3, 0.4) is 0 Å². The van der Waals surface area contributed by atoms with Gasteiger partial charge in [-0.3, -0.25) is 19.3 Å². The first-order valence-corrected chi connectivity index (χ1v) is 15.0. The van der Waals surface area contributed by atoms with Gasteiger partial charge in [0.1, 0.15) is 17.7 Å². The Kier molecular flexibility index (Phi) is 9.54. The Hall–Kier alpha value is -5.00. The number of carbonyl (C=O) groups is 3. The second-order valence-corrected chi connectivity index (χ2v) is 11.0. The molecule has 5 rings (SSSR count). The van der Waals surface area contributed by atoms with Gasteiger partial charge in [0.25, 0.3) is 11.8 Å². The molecule has 3 aromatic carbocycles. The first-order chi connectivity index (χ1) is 22.0. The smallest absolute Gasteiger partial charge is 0.350 e. The number of unbranched alkanes of at least 4 members (excludes halogenated alkanes) is 1. The second-order valence-electron chi connectivity index (χ2n) is 11.0. The lowest BCUT2D eigenvalue weighted by Crippen LogP contribution is -2.55. The summed E-state index contributed by atoms with van der Waals surface area (Å²) in [5.41, 5.74) is 0.750. The lowest BCUT2D eigenvalue weighted by Gasteiger charge is -2.38. The highest BCUT2D eigenvalue weighted by Gasteiger charge is 2.46. The molecule has 12 heteroatoms. The van der Waals surface area contributed by atoms with Crippen LogP contribution in [0.4, 0.5) is 23.4 Å². The fourth-order valence-electron chi connectivity index (χ4n) is 5.65. The molecule has 8 nitrogen and oxygen atoms in total. The molecular formula is C34H33F4N5O3. The normalized spacial score (nSPS) is 16.2. The summed E-state index contributed by atoms with van der Waals surface area (Å²) >= 11 is 0. The summed E-state index contributed by atoms with van der Waals surface area (Å²) in [6.07, 6.45) is -2.83. The standard InChI is InChI=1S/C34H33F4N5O3/c1-3-5-14-27(44)39-20-26-29-28(21-15-17-24(35)18-16-21)30(40-31(45)22-10-9-11-23(19-22)34(36,37)38)33(46)42(4-2)32(29)43(41-26)25-12-7-6-8-13-25/h6-13,15-19,28,30H,3-5,14,20H2,1-2H3,(H,39,44)(H,40,45). The number of carbonyl (C=O) groups excluding carboxylic acids is 3. The van der Waals surface area contributed by atoms with Crippen molar-refractivity contribution in [3.8, 4) is 5.69 Å². The molecule has 0 saturated carbocycles. The molecule has 3 amide bonds. The third-order valence-corrected chi connectivity index (χ3v) is 7.90. The number of benzene rings is 3. The molecule has 2 unspecified atom stereocenters. The van der Waals surface area contributed by atoms with Crippen molar-refractivity contribution in [2.45, 2.75) is 57.8 Å². The Labute approximate surface area is 263 Å². The Morgan fingerprint density at radius 1 is 0.957 bits per heavy atom. The maximum Gasteiger partial charge on any atom is 0.416 e. The molecule has 1 aliphatic rings. The van der Waals surface area contributed by atoms with Crippen molar-refractivity contribution >= 4 is 23.5 Å². The van der Waals surface area contributed by atoms with E-state index in [1.54, 1.807) is 11.6 Å². The van der Waals surface area contributed by atoms with Crippen LogP contribution in [0.15, 0.2) is 78.9 Å². The molecule has 2 N–H and O–H groups in total. The Morgan fingerprint density at radius 3 is 2.33 bits per heavy atom. The lowest BCUT2D eigenvalue weighted by molar-refractivity contribution is -0.137. The third kappa shape index (κ3) is 6.65. The van der Waals surface area contributed by atoms with Gasteiger partial charge in [0.05, 0.1) is 23.5 Å². The number of para-hydroxylation sites is 1. The van der Waals surface area contributed by atoms with E-state index in [2.05, 4.69) is 10.6 Å². The number of hydrogen-bond acceptors (Lipinski definition) is 4. The first-order valence-electron chi connectivity index (χ1n) is 15.0. The van der Waals surface area contributed by atoms with E-state index in [9.17, 15) is 31.9 Å². The van der Waals surface area contributed by atoms with Crippen LogP contribution in [0.25, 0.3) is 5.69 Å². The minimum absolute atomic E-state index is 0.00243. The average molecular weight is 636 g/mol. The van der Waals surface area contributed by atoms with Crippen LogP contribution in [-0.4, -0.2) is 40.1 Å². The van der Waals surface area contributed by atoms with Crippen LogP contribution in [-0.2, 0) is 22.3 Å². The van der Waals surface area contributed by atoms with Gasteiger partial charge in [0, 0.05) is 30.0 Å². The van der Waals surface area contributed by atoms with Gasteiger partial charge < -0.3 is 10.6 Å². The van der Waals surface area contributed by atoms with Crippen molar-refractivity contribution in [2.75, 3.05) is 11.4 Å². The topological polar surface area (TPSA) is 96.3 Å². The van der Waals surface area contributed by atoms with E-state index in [1.807, 2.05) is 37.3 Å². The van der Waals surface area contributed by atoms with Gasteiger partial charge >= 0.3 is 6.18 Å². The quantitative estimate of drug-likeness (QED) is 0.205. The molecular weight excluding hydrogens is 602 g/mol. The molecule has 0 radical (unpaired) electrons. The molecule has 1 aliphatic heterocycles. The SMILES string of the molecule is CCCCC(=O)NCc1nn(-c2ccccc2)c2c1C(c1ccc(F)cc1)C(NC(=O)c1cccc(C(F)(F)F)c1)C(=O)N2CC. The first kappa shape index (κ1) is 32.4. The van der Waals surface area contributed by atoms with Crippen molar-refractivity contribution in [2.24, 2.45) is 0 Å². The molecule has 0 fully saturated rings. The highest BCUT2D eigenvalue weighted by Crippen LogP contribution is 2.43. The molecule has 240 valence electrons. The van der Waals surface area contributed by atoms with Gasteiger partial charge in [-0.25, -0.2) is 9.07 Å². The fraction of sp³-hybridized carbons (Fsp3) is 0.294. The van der Waals surface area contributed by atoms with Gasteiger partial charge in [-0.15, -0.1) is 0 Å². The molecule has 46 heavy (non-hydrogen) atoms. The zero-order valence-corrected chi connectivity index (χ0v) is 25.3. The zero-order chi connectivity index (χ0) is 33.0. The van der Waals surface area contributed by atoms with E-state index in [0.717, 1.165) is 24.6 Å². The minimum Gasteiger partial charge on any atom is -0.350 e. The van der Waals surface area contributed by atoms with Gasteiger partial charge in [-0.2, -0.15) is 18.3 Å². The molecule has 2 atom stereocenters. The Bertz CT molecular complexity index is 1720. The highest BCUT2D eigenvalue weighted by molar-refractivity contribution is 6.05. The van der Waals surface area contributed by atoms with Crippen LogP contribution < -0.4 is 15.5 Å². The molecule has 1 aromatic heterocycles. The number of anilines is 1. The van der Waals surface area contributed by atoms with Gasteiger partial charge in [0.15, 0.2) is 0 Å². The summed E-state index contributed by atoms with van der Waals surface area (Å²) in [6.45, 7) is 3.89. The third-order valence-electron chi connectivity index (χ3n) is 7.90. The predicted molar refractivity (Wildman–Crippen MR) is 164 cm³/mol. The Morgan fingerprint density at radius 2 is 1.67 bits per heavy atom. The summed E-state index contributed by atoms with van der Waals surface area (Å²) in [5.74, 6) is -2.64. The second kappa shape index (κ2) is 13.6. The summed E-state index contributed by atoms with van der Waals surface area (Å²) in [5, 5.41) is 10.4. The van der Waals surface area contributed by atoms with Gasteiger partial charge in [-0.05, 0) is 61.4 Å². The van der Waals surface area contributed by atoms with Crippen molar-refractivity contribution < 1.29 is 31.9 Å². The summed E-state index contributed by atoms with van der Waals surface area (Å²) in [6, 6.07) is 17.1. The van der Waals surface area contributed by atoms with E-state index in [-0.39, 0.29) is 24.6 Å². The number of halogens is 4. The summed E-state index contributed by atoms with van der Waals surface area (Å²) in [7, 11) is 0. The zero-order valence-electron chi connectivity index (χ0n) is 25.3. The van der Waals surface area contributed by atoms with Crippen LogP contribution in [0.1, 0.15) is 71.8 Å². The van der Waals surface area contributed by atoms with E-state index in [4.69, 9.17) is 5.10 Å². The van der Waals surface area contributed by atoms with E-state index in [1.165, 1.54) is 35.2 Å². The minimum atomic E-state index is -4.68. The van der Waals surface area contributed by atoms with E-state index >= 15 is 0 Å². The predicted octanol–water partition coefficient (Wildman–Crippen LogP) is 6.13. The van der Waals surface area contributed by atoms with Gasteiger partial charge in [-0.1, -0.05) is 49.7 Å². The number of hydrogen-bond donors (Lipinski definition) is 2. The number of amides is 3. The molecule has 0 saturated heterocycles.